The monoisotopic (exact) mass is 204 g/mol. The maximum absolute atomic E-state index is 10.6. The third-order valence-corrected chi connectivity index (χ3v) is 2.57. The predicted octanol–water partition coefficient (Wildman–Crippen LogP) is 2.11. The van der Waals surface area contributed by atoms with Crippen LogP contribution in [0.25, 0.3) is 5.57 Å². The van der Waals surface area contributed by atoms with E-state index in [1.165, 1.54) is 0 Å². The van der Waals surface area contributed by atoms with Crippen LogP contribution in [0.4, 0.5) is 0 Å². The van der Waals surface area contributed by atoms with Gasteiger partial charge in [0.05, 0.1) is 13.5 Å². The molecule has 0 saturated carbocycles. The maximum atomic E-state index is 10.6. The van der Waals surface area contributed by atoms with Gasteiger partial charge >= 0.3 is 5.97 Å². The fraction of sp³-hybridized carbons (Fsp3) is 0.250. The summed E-state index contributed by atoms with van der Waals surface area (Å²) >= 11 is 0. The Balaban J connectivity index is 2.29. The Hall–Kier alpha value is -1.77. The quantitative estimate of drug-likeness (QED) is 0.820. The van der Waals surface area contributed by atoms with E-state index in [0.717, 1.165) is 28.9 Å². The molecule has 1 aromatic carbocycles. The van der Waals surface area contributed by atoms with E-state index in [0.29, 0.717) is 0 Å². The van der Waals surface area contributed by atoms with Crippen molar-refractivity contribution < 1.29 is 14.6 Å². The minimum absolute atomic E-state index is 0.0966. The molecule has 0 aromatic heterocycles. The highest BCUT2D eigenvalue weighted by Gasteiger charge is 2.16. The molecule has 1 aliphatic rings. The number of carbonyl (C=O) groups is 1. The van der Waals surface area contributed by atoms with Crippen molar-refractivity contribution in [1.82, 2.24) is 0 Å². The number of methoxy groups -OCH3 is 1. The molecule has 1 aliphatic carbocycles. The summed E-state index contributed by atoms with van der Waals surface area (Å²) in [7, 11) is 1.63. The van der Waals surface area contributed by atoms with Gasteiger partial charge in [-0.05, 0) is 35.3 Å². The topological polar surface area (TPSA) is 46.5 Å². The van der Waals surface area contributed by atoms with E-state index in [4.69, 9.17) is 9.84 Å². The first-order chi connectivity index (χ1) is 7.20. The van der Waals surface area contributed by atoms with Crippen LogP contribution in [-0.4, -0.2) is 18.2 Å². The number of hydrogen-bond donors (Lipinski definition) is 1. The Morgan fingerprint density at radius 2 is 2.33 bits per heavy atom. The van der Waals surface area contributed by atoms with Gasteiger partial charge in [0.1, 0.15) is 5.75 Å². The summed E-state index contributed by atoms with van der Waals surface area (Å²) in [5.41, 5.74) is 3.09. The molecule has 78 valence electrons. The SMILES string of the molecule is COc1ccc2c(c1)CC=C2CC(=O)O. The van der Waals surface area contributed by atoms with Gasteiger partial charge in [-0.3, -0.25) is 4.79 Å². The summed E-state index contributed by atoms with van der Waals surface area (Å²) in [6.07, 6.45) is 2.87. The molecular weight excluding hydrogens is 192 g/mol. The average Bonchev–Trinajstić information content (AvgIpc) is 2.60. The van der Waals surface area contributed by atoms with Gasteiger partial charge in [0.2, 0.25) is 0 Å². The molecule has 1 N–H and O–H groups in total. The van der Waals surface area contributed by atoms with Crippen molar-refractivity contribution in [2.24, 2.45) is 0 Å². The molecule has 0 spiro atoms. The Kier molecular flexibility index (Phi) is 2.46. The van der Waals surface area contributed by atoms with E-state index < -0.39 is 5.97 Å². The van der Waals surface area contributed by atoms with Crippen LogP contribution in [-0.2, 0) is 11.2 Å². The predicted molar refractivity (Wildman–Crippen MR) is 56.9 cm³/mol. The van der Waals surface area contributed by atoms with E-state index >= 15 is 0 Å². The normalized spacial score (nSPS) is 13.3. The second-order valence-corrected chi connectivity index (χ2v) is 3.53. The average molecular weight is 204 g/mol. The van der Waals surface area contributed by atoms with E-state index in [2.05, 4.69) is 0 Å². The lowest BCUT2D eigenvalue weighted by molar-refractivity contribution is -0.135. The number of hydrogen-bond acceptors (Lipinski definition) is 2. The molecule has 0 saturated heterocycles. The zero-order valence-electron chi connectivity index (χ0n) is 8.49. The van der Waals surface area contributed by atoms with Crippen LogP contribution in [0, 0.1) is 0 Å². The Morgan fingerprint density at radius 1 is 1.53 bits per heavy atom. The molecule has 15 heavy (non-hydrogen) atoms. The first-order valence-electron chi connectivity index (χ1n) is 4.79. The lowest BCUT2D eigenvalue weighted by Gasteiger charge is -2.05. The van der Waals surface area contributed by atoms with Crippen LogP contribution >= 0.6 is 0 Å². The second-order valence-electron chi connectivity index (χ2n) is 3.53. The van der Waals surface area contributed by atoms with Crippen molar-refractivity contribution in [2.45, 2.75) is 12.8 Å². The molecule has 3 nitrogen and oxygen atoms in total. The van der Waals surface area contributed by atoms with Crippen LogP contribution in [0.2, 0.25) is 0 Å². The molecule has 2 rings (SSSR count). The van der Waals surface area contributed by atoms with Gasteiger partial charge in [-0.25, -0.2) is 0 Å². The van der Waals surface area contributed by atoms with Crippen LogP contribution < -0.4 is 4.74 Å². The van der Waals surface area contributed by atoms with E-state index in [9.17, 15) is 4.79 Å². The van der Waals surface area contributed by atoms with Crippen LogP contribution in [0.5, 0.6) is 5.75 Å². The highest BCUT2D eigenvalue weighted by Crippen LogP contribution is 2.32. The number of fused-ring (bicyclic) bond motifs is 1. The highest BCUT2D eigenvalue weighted by molar-refractivity contribution is 5.86. The zero-order valence-corrected chi connectivity index (χ0v) is 8.49. The van der Waals surface area contributed by atoms with Gasteiger partial charge < -0.3 is 9.84 Å². The molecule has 0 fully saturated rings. The Bertz CT molecular complexity index is 432. The maximum Gasteiger partial charge on any atom is 0.307 e. The van der Waals surface area contributed by atoms with Crippen molar-refractivity contribution in [1.29, 1.82) is 0 Å². The minimum Gasteiger partial charge on any atom is -0.497 e. The second kappa shape index (κ2) is 3.77. The summed E-state index contributed by atoms with van der Waals surface area (Å²) < 4.78 is 5.12. The van der Waals surface area contributed by atoms with Crippen LogP contribution in [0.15, 0.2) is 24.3 Å². The molecule has 0 atom stereocenters. The number of aliphatic carboxylic acids is 1. The Morgan fingerprint density at radius 3 is 3.00 bits per heavy atom. The standard InChI is InChI=1S/C12H12O3/c1-15-10-4-5-11-8(6-10)2-3-9(11)7-12(13)14/h3-6H,2,7H2,1H3,(H,13,14). The molecule has 0 aliphatic heterocycles. The number of carboxylic acids is 1. The lowest BCUT2D eigenvalue weighted by atomic mass is 10.0. The van der Waals surface area contributed by atoms with Crippen molar-refractivity contribution in [2.75, 3.05) is 7.11 Å². The van der Waals surface area contributed by atoms with Crippen molar-refractivity contribution in [3.63, 3.8) is 0 Å². The van der Waals surface area contributed by atoms with E-state index in [-0.39, 0.29) is 6.42 Å². The summed E-state index contributed by atoms with van der Waals surface area (Å²) in [6, 6.07) is 5.75. The number of rotatable bonds is 3. The van der Waals surface area contributed by atoms with E-state index in [1.807, 2.05) is 24.3 Å². The zero-order chi connectivity index (χ0) is 10.8. The summed E-state index contributed by atoms with van der Waals surface area (Å²) in [5, 5.41) is 8.73. The number of carboxylic acid groups (broad SMARTS) is 1. The summed E-state index contributed by atoms with van der Waals surface area (Å²) in [4.78, 5) is 10.6. The van der Waals surface area contributed by atoms with Crippen molar-refractivity contribution in [3.8, 4) is 5.75 Å². The van der Waals surface area contributed by atoms with Gasteiger partial charge in [0, 0.05) is 0 Å². The smallest absolute Gasteiger partial charge is 0.307 e. The van der Waals surface area contributed by atoms with Gasteiger partial charge in [0.25, 0.3) is 0 Å². The largest absolute Gasteiger partial charge is 0.497 e. The molecule has 0 bridgehead atoms. The molecular formula is C12H12O3. The van der Waals surface area contributed by atoms with Crippen molar-refractivity contribution in [3.05, 3.63) is 35.4 Å². The highest BCUT2D eigenvalue weighted by atomic mass is 16.5. The summed E-state index contributed by atoms with van der Waals surface area (Å²) in [5.74, 6) is 0.0312. The van der Waals surface area contributed by atoms with Gasteiger partial charge in [-0.15, -0.1) is 0 Å². The molecule has 3 heteroatoms. The Labute approximate surface area is 88.0 Å². The van der Waals surface area contributed by atoms with Gasteiger partial charge in [0.15, 0.2) is 0 Å². The van der Waals surface area contributed by atoms with Gasteiger partial charge in [-0.2, -0.15) is 0 Å². The minimum atomic E-state index is -0.787. The van der Waals surface area contributed by atoms with Crippen molar-refractivity contribution >= 4 is 11.5 Å². The molecule has 0 amide bonds. The van der Waals surface area contributed by atoms with Gasteiger partial charge in [-0.1, -0.05) is 12.1 Å². The third-order valence-electron chi connectivity index (χ3n) is 2.57. The third kappa shape index (κ3) is 1.86. The molecule has 1 aromatic rings. The molecule has 0 unspecified atom stereocenters. The number of benzene rings is 1. The molecule has 0 radical (unpaired) electrons. The summed E-state index contributed by atoms with van der Waals surface area (Å²) in [6.45, 7) is 0. The van der Waals surface area contributed by atoms with Crippen LogP contribution in [0.1, 0.15) is 17.5 Å². The van der Waals surface area contributed by atoms with Crippen LogP contribution in [0.3, 0.4) is 0 Å². The van der Waals surface area contributed by atoms with E-state index in [1.54, 1.807) is 7.11 Å². The fourth-order valence-corrected chi connectivity index (χ4v) is 1.85. The fourth-order valence-electron chi connectivity index (χ4n) is 1.85. The lowest BCUT2D eigenvalue weighted by Crippen LogP contribution is -1.96. The number of ether oxygens (including phenoxy) is 1. The first-order valence-corrected chi connectivity index (χ1v) is 4.79. The first kappa shape index (κ1) is 9.77. The molecule has 0 heterocycles. The number of allylic oxidation sites excluding steroid dienone is 1.